The Hall–Kier alpha value is -1.32. The molecule has 0 radical (unpaired) electrons. The SMILES string of the molecule is CN(C)CCCc1ccc(Sc2ccc(F)cc2)cc1. The second-order valence-corrected chi connectivity index (χ2v) is 6.25. The van der Waals surface area contributed by atoms with E-state index in [1.165, 1.54) is 29.0 Å². The Morgan fingerprint density at radius 1 is 0.900 bits per heavy atom. The predicted octanol–water partition coefficient (Wildman–Crippen LogP) is 4.47. The number of benzene rings is 2. The van der Waals surface area contributed by atoms with E-state index < -0.39 is 0 Å². The van der Waals surface area contributed by atoms with Gasteiger partial charge in [-0.1, -0.05) is 23.9 Å². The van der Waals surface area contributed by atoms with Gasteiger partial charge < -0.3 is 4.90 Å². The molecule has 0 aromatic heterocycles. The first-order chi connectivity index (χ1) is 9.63. The summed E-state index contributed by atoms with van der Waals surface area (Å²) < 4.78 is 12.8. The number of halogens is 1. The quantitative estimate of drug-likeness (QED) is 0.772. The Morgan fingerprint density at radius 3 is 2.00 bits per heavy atom. The average molecular weight is 289 g/mol. The maximum absolute atomic E-state index is 12.8. The van der Waals surface area contributed by atoms with Crippen LogP contribution in [0.5, 0.6) is 0 Å². The first kappa shape index (κ1) is 15.1. The number of rotatable bonds is 6. The summed E-state index contributed by atoms with van der Waals surface area (Å²) in [7, 11) is 4.20. The highest BCUT2D eigenvalue weighted by Crippen LogP contribution is 2.27. The Labute approximate surface area is 124 Å². The zero-order valence-electron chi connectivity index (χ0n) is 12.0. The van der Waals surface area contributed by atoms with Crippen LogP contribution in [-0.4, -0.2) is 25.5 Å². The molecule has 2 rings (SSSR count). The van der Waals surface area contributed by atoms with Crippen LogP contribution in [0.3, 0.4) is 0 Å². The van der Waals surface area contributed by atoms with Crippen molar-refractivity contribution in [1.29, 1.82) is 0 Å². The normalized spacial score (nSPS) is 11.0. The standard InChI is InChI=1S/C17H20FNS/c1-19(2)13-3-4-14-5-9-16(10-6-14)20-17-11-7-15(18)8-12-17/h5-12H,3-4,13H2,1-2H3. The van der Waals surface area contributed by atoms with Crippen molar-refractivity contribution < 1.29 is 4.39 Å². The van der Waals surface area contributed by atoms with Crippen molar-refractivity contribution in [2.75, 3.05) is 20.6 Å². The van der Waals surface area contributed by atoms with E-state index >= 15 is 0 Å². The second kappa shape index (κ2) is 7.46. The monoisotopic (exact) mass is 289 g/mol. The molecule has 2 aromatic rings. The van der Waals surface area contributed by atoms with Crippen LogP contribution in [0.4, 0.5) is 4.39 Å². The second-order valence-electron chi connectivity index (χ2n) is 5.11. The third-order valence-electron chi connectivity index (χ3n) is 3.04. The minimum absolute atomic E-state index is 0.189. The minimum Gasteiger partial charge on any atom is -0.309 e. The van der Waals surface area contributed by atoms with Crippen LogP contribution < -0.4 is 0 Å². The molecule has 0 bridgehead atoms. The molecule has 0 unspecified atom stereocenters. The summed E-state index contributed by atoms with van der Waals surface area (Å²) in [5.74, 6) is -0.189. The molecule has 20 heavy (non-hydrogen) atoms. The largest absolute Gasteiger partial charge is 0.309 e. The smallest absolute Gasteiger partial charge is 0.123 e. The van der Waals surface area contributed by atoms with Gasteiger partial charge in [-0.3, -0.25) is 0 Å². The van der Waals surface area contributed by atoms with Gasteiger partial charge in [0, 0.05) is 9.79 Å². The van der Waals surface area contributed by atoms with Gasteiger partial charge in [-0.05, 0) is 75.4 Å². The van der Waals surface area contributed by atoms with Crippen LogP contribution in [0, 0.1) is 5.82 Å². The number of nitrogens with zero attached hydrogens (tertiary/aromatic N) is 1. The predicted molar refractivity (Wildman–Crippen MR) is 83.8 cm³/mol. The lowest BCUT2D eigenvalue weighted by atomic mass is 10.1. The van der Waals surface area contributed by atoms with Gasteiger partial charge in [0.25, 0.3) is 0 Å². The molecule has 1 nitrogen and oxygen atoms in total. The maximum atomic E-state index is 12.8. The van der Waals surface area contributed by atoms with E-state index in [-0.39, 0.29) is 5.82 Å². The van der Waals surface area contributed by atoms with Gasteiger partial charge in [-0.25, -0.2) is 4.39 Å². The van der Waals surface area contributed by atoms with Crippen molar-refractivity contribution in [3.63, 3.8) is 0 Å². The van der Waals surface area contributed by atoms with Gasteiger partial charge in [-0.2, -0.15) is 0 Å². The molecule has 0 saturated carbocycles. The Balaban J connectivity index is 1.89. The third-order valence-corrected chi connectivity index (χ3v) is 4.06. The van der Waals surface area contributed by atoms with E-state index in [0.717, 1.165) is 17.9 Å². The summed E-state index contributed by atoms with van der Waals surface area (Å²) in [6.45, 7) is 1.12. The van der Waals surface area contributed by atoms with Crippen molar-refractivity contribution in [1.82, 2.24) is 4.90 Å². The van der Waals surface area contributed by atoms with E-state index in [2.05, 4.69) is 43.3 Å². The molecule has 0 atom stereocenters. The molecular formula is C17H20FNS. The average Bonchev–Trinajstić information content (AvgIpc) is 2.43. The molecule has 0 heterocycles. The fourth-order valence-electron chi connectivity index (χ4n) is 1.96. The molecule has 0 aliphatic carbocycles. The molecule has 0 aliphatic rings. The topological polar surface area (TPSA) is 3.24 Å². The Bertz CT molecular complexity index is 520. The molecule has 0 aliphatic heterocycles. The van der Waals surface area contributed by atoms with E-state index in [9.17, 15) is 4.39 Å². The van der Waals surface area contributed by atoms with Gasteiger partial charge >= 0.3 is 0 Å². The van der Waals surface area contributed by atoms with Crippen molar-refractivity contribution in [2.45, 2.75) is 22.6 Å². The summed E-state index contributed by atoms with van der Waals surface area (Å²) in [4.78, 5) is 4.46. The highest BCUT2D eigenvalue weighted by atomic mass is 32.2. The van der Waals surface area contributed by atoms with Crippen LogP contribution >= 0.6 is 11.8 Å². The molecule has 0 amide bonds. The molecule has 0 N–H and O–H groups in total. The van der Waals surface area contributed by atoms with E-state index in [1.807, 2.05) is 12.1 Å². The van der Waals surface area contributed by atoms with Gasteiger partial charge in [0.2, 0.25) is 0 Å². The van der Waals surface area contributed by atoms with Gasteiger partial charge in [0.1, 0.15) is 5.82 Å². The van der Waals surface area contributed by atoms with Crippen LogP contribution in [0.1, 0.15) is 12.0 Å². The zero-order valence-corrected chi connectivity index (χ0v) is 12.8. The summed E-state index contributed by atoms with van der Waals surface area (Å²) >= 11 is 1.66. The summed E-state index contributed by atoms with van der Waals surface area (Å²) in [5.41, 5.74) is 1.37. The first-order valence-electron chi connectivity index (χ1n) is 6.80. The highest BCUT2D eigenvalue weighted by Gasteiger charge is 1.99. The Morgan fingerprint density at radius 2 is 1.45 bits per heavy atom. The molecule has 0 saturated heterocycles. The number of hydrogen-bond acceptors (Lipinski definition) is 2. The third kappa shape index (κ3) is 4.99. The zero-order chi connectivity index (χ0) is 14.4. The first-order valence-corrected chi connectivity index (χ1v) is 7.62. The molecule has 0 fully saturated rings. The summed E-state index contributed by atoms with van der Waals surface area (Å²) in [6, 6.07) is 15.3. The van der Waals surface area contributed by atoms with Gasteiger partial charge in [0.05, 0.1) is 0 Å². The van der Waals surface area contributed by atoms with Crippen LogP contribution in [0.15, 0.2) is 58.3 Å². The van der Waals surface area contributed by atoms with Crippen molar-refractivity contribution in [2.24, 2.45) is 0 Å². The lowest BCUT2D eigenvalue weighted by Crippen LogP contribution is -2.13. The van der Waals surface area contributed by atoms with Gasteiger partial charge in [0.15, 0.2) is 0 Å². The molecule has 3 heteroatoms. The van der Waals surface area contributed by atoms with Crippen LogP contribution in [0.25, 0.3) is 0 Å². The highest BCUT2D eigenvalue weighted by molar-refractivity contribution is 7.99. The van der Waals surface area contributed by atoms with E-state index in [0.29, 0.717) is 0 Å². The number of hydrogen-bond donors (Lipinski definition) is 0. The lowest BCUT2D eigenvalue weighted by Gasteiger charge is -2.09. The van der Waals surface area contributed by atoms with Crippen molar-refractivity contribution in [3.05, 3.63) is 59.9 Å². The summed E-state index contributed by atoms with van der Waals surface area (Å²) in [6.07, 6.45) is 2.29. The maximum Gasteiger partial charge on any atom is 0.123 e. The number of aryl methyl sites for hydroxylation is 1. The van der Waals surface area contributed by atoms with Crippen molar-refractivity contribution in [3.8, 4) is 0 Å². The molecule has 2 aromatic carbocycles. The molecule has 0 spiro atoms. The van der Waals surface area contributed by atoms with Crippen LogP contribution in [0.2, 0.25) is 0 Å². The minimum atomic E-state index is -0.189. The van der Waals surface area contributed by atoms with Crippen molar-refractivity contribution >= 4 is 11.8 Å². The lowest BCUT2D eigenvalue weighted by molar-refractivity contribution is 0.400. The fraction of sp³-hybridized carbons (Fsp3) is 0.294. The van der Waals surface area contributed by atoms with Gasteiger partial charge in [-0.15, -0.1) is 0 Å². The molecule has 106 valence electrons. The van der Waals surface area contributed by atoms with E-state index in [4.69, 9.17) is 0 Å². The molecular weight excluding hydrogens is 269 g/mol. The Kier molecular flexibility index (Phi) is 5.62. The summed E-state index contributed by atoms with van der Waals surface area (Å²) in [5, 5.41) is 0. The van der Waals surface area contributed by atoms with E-state index in [1.54, 1.807) is 11.8 Å². The fourth-order valence-corrected chi connectivity index (χ4v) is 2.78. The van der Waals surface area contributed by atoms with Crippen LogP contribution in [-0.2, 0) is 6.42 Å².